The van der Waals surface area contributed by atoms with Crippen molar-refractivity contribution in [3.8, 4) is 0 Å². The van der Waals surface area contributed by atoms with Crippen molar-refractivity contribution in [3.05, 3.63) is 23.9 Å². The zero-order valence-corrected chi connectivity index (χ0v) is 16.8. The quantitative estimate of drug-likeness (QED) is 0.759. The molecule has 0 bridgehead atoms. The second-order valence-electron chi connectivity index (χ2n) is 9.19. The number of amides is 1. The SMILES string of the molecule is CC(C)(C)OC(=O)N1CC(c2ccc(B3OC(C)(C)C(C)(C)O3)nc2)C1. The minimum atomic E-state index is -0.464. The minimum Gasteiger partial charge on any atom is -0.444 e. The molecule has 2 aliphatic heterocycles. The third-order valence-corrected chi connectivity index (χ3v) is 5.31. The fourth-order valence-corrected chi connectivity index (χ4v) is 2.93. The summed E-state index contributed by atoms with van der Waals surface area (Å²) >= 11 is 0. The maximum atomic E-state index is 12.0. The summed E-state index contributed by atoms with van der Waals surface area (Å²) in [5, 5.41) is 0. The van der Waals surface area contributed by atoms with Crippen LogP contribution in [0.15, 0.2) is 18.3 Å². The Balaban J connectivity index is 1.58. The molecular formula is C19H29BN2O4. The Morgan fingerprint density at radius 1 is 1.19 bits per heavy atom. The minimum absolute atomic E-state index is 0.254. The van der Waals surface area contributed by atoms with Gasteiger partial charge in [0.1, 0.15) is 5.60 Å². The Labute approximate surface area is 156 Å². The molecule has 6 nitrogen and oxygen atoms in total. The highest BCUT2D eigenvalue weighted by atomic mass is 16.7. The zero-order valence-electron chi connectivity index (χ0n) is 16.8. The highest BCUT2D eigenvalue weighted by molar-refractivity contribution is 6.61. The number of nitrogens with zero attached hydrogens (tertiary/aromatic N) is 2. The molecule has 2 fully saturated rings. The van der Waals surface area contributed by atoms with Gasteiger partial charge >= 0.3 is 13.2 Å². The Morgan fingerprint density at radius 3 is 2.23 bits per heavy atom. The maximum Gasteiger partial charge on any atom is 0.514 e. The van der Waals surface area contributed by atoms with E-state index < -0.39 is 12.7 Å². The number of pyridine rings is 1. The molecule has 1 aromatic rings. The van der Waals surface area contributed by atoms with Crippen LogP contribution in [0.4, 0.5) is 4.79 Å². The lowest BCUT2D eigenvalue weighted by Gasteiger charge is -2.39. The Bertz CT molecular complexity index is 660. The van der Waals surface area contributed by atoms with Crippen LogP contribution in [-0.4, -0.2) is 53.0 Å². The van der Waals surface area contributed by atoms with Crippen molar-refractivity contribution in [2.45, 2.75) is 71.2 Å². The molecule has 7 heteroatoms. The Morgan fingerprint density at radius 2 is 1.77 bits per heavy atom. The van der Waals surface area contributed by atoms with Gasteiger partial charge in [-0.05, 0) is 60.1 Å². The molecule has 26 heavy (non-hydrogen) atoms. The fraction of sp³-hybridized carbons (Fsp3) is 0.684. The third-order valence-electron chi connectivity index (χ3n) is 5.31. The predicted octanol–water partition coefficient (Wildman–Crippen LogP) is 2.72. The van der Waals surface area contributed by atoms with Gasteiger partial charge in [-0.1, -0.05) is 6.07 Å². The van der Waals surface area contributed by atoms with Crippen LogP contribution in [-0.2, 0) is 14.0 Å². The zero-order chi connectivity index (χ0) is 19.3. The van der Waals surface area contributed by atoms with Gasteiger partial charge in [-0.2, -0.15) is 0 Å². The first kappa shape index (κ1) is 19.2. The van der Waals surface area contributed by atoms with Crippen molar-refractivity contribution in [1.29, 1.82) is 0 Å². The lowest BCUT2D eigenvalue weighted by Crippen LogP contribution is -2.50. The van der Waals surface area contributed by atoms with Crippen molar-refractivity contribution in [2.75, 3.05) is 13.1 Å². The first-order chi connectivity index (χ1) is 11.9. The van der Waals surface area contributed by atoms with Gasteiger partial charge in [0, 0.05) is 25.2 Å². The number of carbonyl (C=O) groups is 1. The van der Waals surface area contributed by atoms with E-state index in [2.05, 4.69) is 4.98 Å². The van der Waals surface area contributed by atoms with E-state index in [9.17, 15) is 4.79 Å². The summed E-state index contributed by atoms with van der Waals surface area (Å²) < 4.78 is 17.5. The van der Waals surface area contributed by atoms with Gasteiger partial charge in [-0.15, -0.1) is 0 Å². The molecule has 0 aliphatic carbocycles. The highest BCUT2D eigenvalue weighted by Gasteiger charge is 2.52. The summed E-state index contributed by atoms with van der Waals surface area (Å²) in [5.41, 5.74) is 0.675. The van der Waals surface area contributed by atoms with E-state index in [1.54, 1.807) is 4.90 Å². The van der Waals surface area contributed by atoms with Crippen molar-refractivity contribution in [2.24, 2.45) is 0 Å². The topological polar surface area (TPSA) is 60.9 Å². The number of hydrogen-bond acceptors (Lipinski definition) is 5. The average Bonchev–Trinajstić information content (AvgIpc) is 2.64. The van der Waals surface area contributed by atoms with Crippen LogP contribution >= 0.6 is 0 Å². The summed E-state index contributed by atoms with van der Waals surface area (Å²) in [7, 11) is -0.450. The van der Waals surface area contributed by atoms with E-state index in [0.29, 0.717) is 19.0 Å². The molecule has 0 N–H and O–H groups in total. The summed E-state index contributed by atoms with van der Waals surface area (Å²) in [6.45, 7) is 15.1. The van der Waals surface area contributed by atoms with Gasteiger partial charge in [0.05, 0.1) is 16.8 Å². The van der Waals surface area contributed by atoms with E-state index in [-0.39, 0.29) is 17.3 Å². The molecule has 142 valence electrons. The van der Waals surface area contributed by atoms with E-state index >= 15 is 0 Å². The van der Waals surface area contributed by atoms with Crippen LogP contribution < -0.4 is 5.59 Å². The summed E-state index contributed by atoms with van der Waals surface area (Å²) in [6, 6.07) is 4.00. The molecule has 3 heterocycles. The second kappa shape index (κ2) is 6.24. The van der Waals surface area contributed by atoms with Gasteiger partial charge in [0.15, 0.2) is 0 Å². The van der Waals surface area contributed by atoms with Crippen LogP contribution in [0.25, 0.3) is 0 Å². The Kier molecular flexibility index (Phi) is 4.60. The smallest absolute Gasteiger partial charge is 0.444 e. The Hall–Kier alpha value is -1.60. The first-order valence-electron chi connectivity index (χ1n) is 9.17. The number of ether oxygens (including phenoxy) is 1. The predicted molar refractivity (Wildman–Crippen MR) is 101 cm³/mol. The normalized spacial score (nSPS) is 22.3. The number of aromatic nitrogens is 1. The number of hydrogen-bond donors (Lipinski definition) is 0. The number of likely N-dealkylation sites (tertiary alicyclic amines) is 1. The second-order valence-corrected chi connectivity index (χ2v) is 9.19. The highest BCUT2D eigenvalue weighted by Crippen LogP contribution is 2.36. The molecule has 0 saturated carbocycles. The van der Waals surface area contributed by atoms with Crippen LogP contribution in [0, 0.1) is 0 Å². The fourth-order valence-electron chi connectivity index (χ4n) is 2.93. The summed E-state index contributed by atoms with van der Waals surface area (Å²) in [5.74, 6) is 0.294. The average molecular weight is 360 g/mol. The molecule has 2 saturated heterocycles. The molecule has 1 amide bonds. The lowest BCUT2D eigenvalue weighted by molar-refractivity contribution is 0.00578. The van der Waals surface area contributed by atoms with Crippen LogP contribution in [0.3, 0.4) is 0 Å². The van der Waals surface area contributed by atoms with E-state index in [0.717, 1.165) is 11.2 Å². The monoisotopic (exact) mass is 360 g/mol. The standard InChI is InChI=1S/C19H29BN2O4/c1-17(2,3)24-16(23)22-11-14(12-22)13-8-9-15(21-10-13)20-25-18(4,5)19(6,7)26-20/h8-10,14H,11-12H2,1-7H3. The summed E-state index contributed by atoms with van der Waals surface area (Å²) in [6.07, 6.45) is 1.60. The molecular weight excluding hydrogens is 331 g/mol. The molecule has 0 unspecified atom stereocenters. The molecule has 3 rings (SSSR count). The van der Waals surface area contributed by atoms with Gasteiger partial charge in [-0.3, -0.25) is 4.98 Å². The lowest BCUT2D eigenvalue weighted by atomic mass is 9.83. The van der Waals surface area contributed by atoms with Crippen LogP contribution in [0.2, 0.25) is 0 Å². The van der Waals surface area contributed by atoms with E-state index in [1.165, 1.54) is 0 Å². The summed E-state index contributed by atoms with van der Waals surface area (Å²) in [4.78, 5) is 18.3. The molecule has 0 radical (unpaired) electrons. The van der Waals surface area contributed by atoms with Gasteiger partial charge in [-0.25, -0.2) is 4.79 Å². The van der Waals surface area contributed by atoms with Gasteiger partial charge in [0.2, 0.25) is 0 Å². The number of rotatable bonds is 2. The van der Waals surface area contributed by atoms with Crippen LogP contribution in [0.1, 0.15) is 59.9 Å². The molecule has 0 spiro atoms. The van der Waals surface area contributed by atoms with Gasteiger partial charge in [0.25, 0.3) is 0 Å². The van der Waals surface area contributed by atoms with E-state index in [4.69, 9.17) is 14.0 Å². The van der Waals surface area contributed by atoms with Crippen molar-refractivity contribution in [1.82, 2.24) is 9.88 Å². The van der Waals surface area contributed by atoms with Crippen molar-refractivity contribution >= 4 is 18.8 Å². The van der Waals surface area contributed by atoms with E-state index in [1.807, 2.05) is 66.8 Å². The van der Waals surface area contributed by atoms with Crippen molar-refractivity contribution in [3.63, 3.8) is 0 Å². The first-order valence-corrected chi connectivity index (χ1v) is 9.17. The third kappa shape index (κ3) is 3.74. The molecule has 0 atom stereocenters. The van der Waals surface area contributed by atoms with Crippen LogP contribution in [0.5, 0.6) is 0 Å². The van der Waals surface area contributed by atoms with Crippen molar-refractivity contribution < 1.29 is 18.8 Å². The molecule has 2 aliphatic rings. The molecule has 1 aromatic heterocycles. The number of carbonyl (C=O) groups excluding carboxylic acids is 1. The largest absolute Gasteiger partial charge is 0.514 e. The molecule has 0 aromatic carbocycles. The van der Waals surface area contributed by atoms with Gasteiger partial charge < -0.3 is 18.9 Å². The maximum absolute atomic E-state index is 12.0.